The molecule has 0 aliphatic carbocycles. The standard InChI is InChI=1S/C13H13N3O2/c14-9-4-5-12(11(15)7-9)16-10-3-1-2-8(6-10)13(17)18/h1-7,16H,14-15H2,(H,17,18). The van der Waals surface area contributed by atoms with Gasteiger partial charge in [0.1, 0.15) is 0 Å². The van der Waals surface area contributed by atoms with Crippen LogP contribution in [-0.4, -0.2) is 11.1 Å². The number of rotatable bonds is 3. The predicted octanol–water partition coefficient (Wildman–Crippen LogP) is 2.29. The van der Waals surface area contributed by atoms with Gasteiger partial charge in [0.2, 0.25) is 0 Å². The van der Waals surface area contributed by atoms with Gasteiger partial charge in [-0.05, 0) is 36.4 Å². The van der Waals surface area contributed by atoms with Gasteiger partial charge in [0.05, 0.1) is 16.9 Å². The molecule has 0 spiro atoms. The first-order chi connectivity index (χ1) is 8.56. The fraction of sp³-hybridized carbons (Fsp3) is 0. The molecule has 18 heavy (non-hydrogen) atoms. The Kier molecular flexibility index (Phi) is 3.05. The summed E-state index contributed by atoms with van der Waals surface area (Å²) in [5, 5.41) is 11.9. The van der Waals surface area contributed by atoms with E-state index < -0.39 is 5.97 Å². The van der Waals surface area contributed by atoms with Crippen molar-refractivity contribution in [1.29, 1.82) is 0 Å². The van der Waals surface area contributed by atoms with Gasteiger partial charge in [-0.3, -0.25) is 0 Å². The molecule has 0 radical (unpaired) electrons. The number of aromatic carboxylic acids is 1. The molecule has 0 heterocycles. The van der Waals surface area contributed by atoms with Crippen LogP contribution in [0.2, 0.25) is 0 Å². The van der Waals surface area contributed by atoms with Crippen molar-refractivity contribution >= 4 is 28.7 Å². The van der Waals surface area contributed by atoms with Crippen LogP contribution >= 0.6 is 0 Å². The molecule has 92 valence electrons. The highest BCUT2D eigenvalue weighted by Crippen LogP contribution is 2.25. The third-order valence-corrected chi connectivity index (χ3v) is 2.46. The van der Waals surface area contributed by atoms with Crippen LogP contribution in [0.5, 0.6) is 0 Å². The van der Waals surface area contributed by atoms with E-state index in [2.05, 4.69) is 5.32 Å². The Morgan fingerprint density at radius 1 is 1.11 bits per heavy atom. The smallest absolute Gasteiger partial charge is 0.335 e. The molecule has 0 unspecified atom stereocenters. The summed E-state index contributed by atoms with van der Waals surface area (Å²) in [6, 6.07) is 11.6. The molecule has 0 bridgehead atoms. The third-order valence-electron chi connectivity index (χ3n) is 2.46. The molecule has 6 N–H and O–H groups in total. The quantitative estimate of drug-likeness (QED) is 0.619. The molecule has 5 nitrogen and oxygen atoms in total. The number of carbonyl (C=O) groups is 1. The lowest BCUT2D eigenvalue weighted by Crippen LogP contribution is -2.00. The topological polar surface area (TPSA) is 101 Å². The lowest BCUT2D eigenvalue weighted by Gasteiger charge is -2.10. The molecule has 0 aromatic heterocycles. The van der Waals surface area contributed by atoms with Crippen molar-refractivity contribution in [3.05, 3.63) is 48.0 Å². The Morgan fingerprint density at radius 3 is 2.56 bits per heavy atom. The number of nitrogen functional groups attached to an aromatic ring is 2. The van der Waals surface area contributed by atoms with E-state index >= 15 is 0 Å². The monoisotopic (exact) mass is 243 g/mol. The number of hydrogen-bond donors (Lipinski definition) is 4. The number of benzene rings is 2. The van der Waals surface area contributed by atoms with Gasteiger partial charge in [-0.25, -0.2) is 4.79 Å². The predicted molar refractivity (Wildman–Crippen MR) is 72.0 cm³/mol. The van der Waals surface area contributed by atoms with Gasteiger partial charge in [0, 0.05) is 11.4 Å². The van der Waals surface area contributed by atoms with Crippen molar-refractivity contribution in [2.75, 3.05) is 16.8 Å². The molecular weight excluding hydrogens is 230 g/mol. The lowest BCUT2D eigenvalue weighted by molar-refractivity contribution is 0.0697. The number of carboxylic acid groups (broad SMARTS) is 1. The fourth-order valence-corrected chi connectivity index (χ4v) is 1.58. The largest absolute Gasteiger partial charge is 0.478 e. The second-order valence-corrected chi connectivity index (χ2v) is 3.86. The number of hydrogen-bond acceptors (Lipinski definition) is 4. The second-order valence-electron chi connectivity index (χ2n) is 3.86. The minimum atomic E-state index is -0.969. The van der Waals surface area contributed by atoms with E-state index in [1.54, 1.807) is 30.3 Å². The highest BCUT2D eigenvalue weighted by Gasteiger charge is 2.04. The third kappa shape index (κ3) is 2.52. The minimum absolute atomic E-state index is 0.217. The maximum atomic E-state index is 10.8. The van der Waals surface area contributed by atoms with Gasteiger partial charge in [-0.2, -0.15) is 0 Å². The highest BCUT2D eigenvalue weighted by molar-refractivity contribution is 5.89. The van der Waals surface area contributed by atoms with Crippen LogP contribution in [0, 0.1) is 0 Å². The first-order valence-electron chi connectivity index (χ1n) is 5.31. The molecule has 0 saturated carbocycles. The van der Waals surface area contributed by atoms with E-state index in [4.69, 9.17) is 16.6 Å². The van der Waals surface area contributed by atoms with Crippen molar-refractivity contribution in [1.82, 2.24) is 0 Å². The molecule has 2 aromatic carbocycles. The molecule has 0 aliphatic rings. The maximum Gasteiger partial charge on any atom is 0.335 e. The zero-order chi connectivity index (χ0) is 13.1. The van der Waals surface area contributed by atoms with Gasteiger partial charge in [0.15, 0.2) is 0 Å². The Balaban J connectivity index is 2.28. The second kappa shape index (κ2) is 4.67. The van der Waals surface area contributed by atoms with E-state index in [1.807, 2.05) is 0 Å². The SMILES string of the molecule is Nc1ccc(Nc2cccc(C(=O)O)c2)c(N)c1. The summed E-state index contributed by atoms with van der Waals surface area (Å²) in [5.74, 6) is -0.969. The van der Waals surface area contributed by atoms with Crippen LogP contribution in [0.15, 0.2) is 42.5 Å². The summed E-state index contributed by atoms with van der Waals surface area (Å²) in [7, 11) is 0. The Morgan fingerprint density at radius 2 is 1.89 bits per heavy atom. The average molecular weight is 243 g/mol. The van der Waals surface area contributed by atoms with Crippen molar-refractivity contribution in [2.45, 2.75) is 0 Å². The van der Waals surface area contributed by atoms with Crippen LogP contribution in [0.1, 0.15) is 10.4 Å². The summed E-state index contributed by atoms with van der Waals surface area (Å²) in [6.45, 7) is 0. The van der Waals surface area contributed by atoms with Crippen molar-refractivity contribution in [3.63, 3.8) is 0 Å². The van der Waals surface area contributed by atoms with E-state index in [0.717, 1.165) is 0 Å². The molecule has 0 amide bonds. The van der Waals surface area contributed by atoms with Gasteiger partial charge in [-0.1, -0.05) is 6.07 Å². The molecule has 0 aliphatic heterocycles. The van der Waals surface area contributed by atoms with E-state index in [0.29, 0.717) is 22.7 Å². The summed E-state index contributed by atoms with van der Waals surface area (Å²) >= 11 is 0. The molecule has 2 rings (SSSR count). The zero-order valence-corrected chi connectivity index (χ0v) is 9.55. The maximum absolute atomic E-state index is 10.8. The van der Waals surface area contributed by atoms with Gasteiger partial charge >= 0.3 is 5.97 Å². The molecule has 0 fully saturated rings. The minimum Gasteiger partial charge on any atom is -0.478 e. The number of nitrogens with two attached hydrogens (primary N) is 2. The first-order valence-corrected chi connectivity index (χ1v) is 5.31. The van der Waals surface area contributed by atoms with Crippen LogP contribution < -0.4 is 16.8 Å². The van der Waals surface area contributed by atoms with E-state index in [9.17, 15) is 4.79 Å². The van der Waals surface area contributed by atoms with Gasteiger partial charge < -0.3 is 21.9 Å². The van der Waals surface area contributed by atoms with Gasteiger partial charge in [-0.15, -0.1) is 0 Å². The molecule has 0 atom stereocenters. The highest BCUT2D eigenvalue weighted by atomic mass is 16.4. The van der Waals surface area contributed by atoms with Crippen LogP contribution in [0.25, 0.3) is 0 Å². The normalized spacial score (nSPS) is 10.0. The van der Waals surface area contributed by atoms with Crippen molar-refractivity contribution < 1.29 is 9.90 Å². The summed E-state index contributed by atoms with van der Waals surface area (Å²) in [6.07, 6.45) is 0. The summed E-state index contributed by atoms with van der Waals surface area (Å²) < 4.78 is 0. The number of nitrogens with one attached hydrogen (secondary N) is 1. The molecule has 2 aromatic rings. The summed E-state index contributed by atoms with van der Waals surface area (Å²) in [4.78, 5) is 10.8. The number of anilines is 4. The lowest BCUT2D eigenvalue weighted by atomic mass is 10.2. The molecule has 0 saturated heterocycles. The van der Waals surface area contributed by atoms with Crippen molar-refractivity contribution in [3.8, 4) is 0 Å². The molecular formula is C13H13N3O2. The Hall–Kier alpha value is -2.69. The van der Waals surface area contributed by atoms with Crippen LogP contribution in [-0.2, 0) is 0 Å². The van der Waals surface area contributed by atoms with Crippen LogP contribution in [0.4, 0.5) is 22.7 Å². The van der Waals surface area contributed by atoms with E-state index in [1.165, 1.54) is 12.1 Å². The summed E-state index contributed by atoms with van der Waals surface area (Å²) in [5.41, 5.74) is 14.1. The van der Waals surface area contributed by atoms with E-state index in [-0.39, 0.29) is 5.56 Å². The Labute approximate surface area is 104 Å². The van der Waals surface area contributed by atoms with Crippen LogP contribution in [0.3, 0.4) is 0 Å². The van der Waals surface area contributed by atoms with Gasteiger partial charge in [0.25, 0.3) is 0 Å². The molecule has 5 heteroatoms. The fourth-order valence-electron chi connectivity index (χ4n) is 1.58. The zero-order valence-electron chi connectivity index (χ0n) is 9.55. The Bertz CT molecular complexity index is 597. The van der Waals surface area contributed by atoms with Crippen molar-refractivity contribution in [2.24, 2.45) is 0 Å². The first kappa shape index (κ1) is 11.8. The number of carboxylic acids is 1. The average Bonchev–Trinajstić information content (AvgIpc) is 2.33.